The number of halogens is 4. The van der Waals surface area contributed by atoms with E-state index in [2.05, 4.69) is 31.9 Å². The fourth-order valence-corrected chi connectivity index (χ4v) is 3.14. The van der Waals surface area contributed by atoms with Crippen molar-refractivity contribution < 1.29 is 9.13 Å². The average Bonchev–Trinajstić information content (AvgIpc) is 2.40. The normalized spacial score (nSPS) is 10.7. The third-order valence-corrected chi connectivity index (χ3v) is 4.08. The minimum Gasteiger partial charge on any atom is -0.488 e. The van der Waals surface area contributed by atoms with Gasteiger partial charge in [-0.25, -0.2) is 4.39 Å². The molecule has 0 amide bonds. The molecule has 0 fully saturated rings. The molecule has 0 saturated heterocycles. The summed E-state index contributed by atoms with van der Waals surface area (Å²) in [7, 11) is 0. The molecule has 0 aromatic heterocycles. The van der Waals surface area contributed by atoms with Gasteiger partial charge in [-0.3, -0.25) is 0 Å². The third-order valence-electron chi connectivity index (χ3n) is 2.84. The van der Waals surface area contributed by atoms with Gasteiger partial charge in [0.1, 0.15) is 18.2 Å². The number of rotatable bonds is 4. The van der Waals surface area contributed by atoms with Crippen LogP contribution in [0.5, 0.6) is 5.75 Å². The third kappa shape index (κ3) is 3.74. The second-order valence-electron chi connectivity index (χ2n) is 4.37. The Labute approximate surface area is 139 Å². The largest absolute Gasteiger partial charge is 0.488 e. The molecule has 0 aliphatic carbocycles. The fraction of sp³-hybridized carbons (Fsp3) is 0.200. The van der Waals surface area contributed by atoms with Gasteiger partial charge in [0.15, 0.2) is 0 Å². The summed E-state index contributed by atoms with van der Waals surface area (Å²) in [6.07, 6.45) is 0. The van der Waals surface area contributed by atoms with Crippen LogP contribution in [0.15, 0.2) is 39.3 Å². The summed E-state index contributed by atoms with van der Waals surface area (Å²) >= 11 is 12.7. The molecular weight excluding hydrogens is 410 g/mol. The van der Waals surface area contributed by atoms with Crippen LogP contribution >= 0.6 is 43.5 Å². The van der Waals surface area contributed by atoms with Gasteiger partial charge in [-0.1, -0.05) is 31.9 Å². The van der Waals surface area contributed by atoms with Crippen LogP contribution in [0.4, 0.5) is 4.39 Å². The highest BCUT2D eigenvalue weighted by Crippen LogP contribution is 2.30. The molecule has 0 aliphatic rings. The molecule has 0 saturated carbocycles. The Kier molecular flexibility index (Phi) is 5.47. The zero-order valence-electron chi connectivity index (χ0n) is 10.7. The summed E-state index contributed by atoms with van der Waals surface area (Å²) < 4.78 is 21.2. The smallest absolute Gasteiger partial charge is 0.129 e. The zero-order valence-corrected chi connectivity index (χ0v) is 14.6. The Morgan fingerprint density at radius 3 is 2.50 bits per heavy atom. The lowest BCUT2D eigenvalue weighted by molar-refractivity contribution is 0.295. The summed E-state index contributed by atoms with van der Waals surface area (Å²) in [6, 6.07) is 8.65. The number of hydrogen-bond donors (Lipinski definition) is 0. The lowest BCUT2D eigenvalue weighted by atomic mass is 10.1. The van der Waals surface area contributed by atoms with E-state index in [-0.39, 0.29) is 12.4 Å². The van der Waals surface area contributed by atoms with Crippen molar-refractivity contribution >= 4 is 43.5 Å². The van der Waals surface area contributed by atoms with E-state index in [4.69, 9.17) is 16.3 Å². The Balaban J connectivity index is 2.25. The molecule has 0 heterocycles. The van der Waals surface area contributed by atoms with Crippen molar-refractivity contribution in [1.29, 1.82) is 0 Å². The van der Waals surface area contributed by atoms with Crippen molar-refractivity contribution in [3.8, 4) is 5.75 Å². The van der Waals surface area contributed by atoms with Gasteiger partial charge >= 0.3 is 0 Å². The fourth-order valence-electron chi connectivity index (χ4n) is 1.91. The number of aryl methyl sites for hydroxylation is 1. The molecule has 0 bridgehead atoms. The molecule has 0 unspecified atom stereocenters. The lowest BCUT2D eigenvalue weighted by Gasteiger charge is -2.14. The molecule has 5 heteroatoms. The highest BCUT2D eigenvalue weighted by Gasteiger charge is 2.10. The highest BCUT2D eigenvalue weighted by atomic mass is 79.9. The van der Waals surface area contributed by atoms with E-state index < -0.39 is 0 Å². The lowest BCUT2D eigenvalue weighted by Crippen LogP contribution is -2.02. The van der Waals surface area contributed by atoms with E-state index in [1.165, 1.54) is 6.07 Å². The number of benzene rings is 2. The first-order chi connectivity index (χ1) is 9.51. The number of hydrogen-bond acceptors (Lipinski definition) is 1. The SMILES string of the molecule is Cc1cc(Br)cc(CCl)c1OCc1cc(Br)ccc1F. The first-order valence-corrected chi connectivity index (χ1v) is 8.05. The topological polar surface area (TPSA) is 9.23 Å². The van der Waals surface area contributed by atoms with Gasteiger partial charge in [0.25, 0.3) is 0 Å². The summed E-state index contributed by atoms with van der Waals surface area (Å²) in [5, 5.41) is 0. The highest BCUT2D eigenvalue weighted by molar-refractivity contribution is 9.10. The van der Waals surface area contributed by atoms with E-state index >= 15 is 0 Å². The first-order valence-electron chi connectivity index (χ1n) is 5.93. The van der Waals surface area contributed by atoms with Gasteiger partial charge in [-0.2, -0.15) is 0 Å². The average molecular weight is 423 g/mol. The van der Waals surface area contributed by atoms with Crippen LogP contribution in [0.25, 0.3) is 0 Å². The molecule has 0 atom stereocenters. The number of alkyl halides is 1. The van der Waals surface area contributed by atoms with Crippen molar-refractivity contribution in [3.63, 3.8) is 0 Å². The minimum atomic E-state index is -0.282. The molecule has 20 heavy (non-hydrogen) atoms. The summed E-state index contributed by atoms with van der Waals surface area (Å²) in [4.78, 5) is 0. The molecule has 2 rings (SSSR count). The second-order valence-corrected chi connectivity index (χ2v) is 6.47. The molecule has 2 aromatic rings. The molecule has 106 valence electrons. The van der Waals surface area contributed by atoms with Gasteiger partial charge in [0.2, 0.25) is 0 Å². The summed E-state index contributed by atoms with van der Waals surface area (Å²) in [6.45, 7) is 2.10. The van der Waals surface area contributed by atoms with Gasteiger partial charge in [-0.15, -0.1) is 11.6 Å². The van der Waals surface area contributed by atoms with Gasteiger partial charge in [0.05, 0.1) is 5.88 Å². The van der Waals surface area contributed by atoms with Crippen LogP contribution in [0.1, 0.15) is 16.7 Å². The van der Waals surface area contributed by atoms with Crippen LogP contribution in [-0.4, -0.2) is 0 Å². The van der Waals surface area contributed by atoms with Crippen molar-refractivity contribution in [2.45, 2.75) is 19.4 Å². The van der Waals surface area contributed by atoms with Crippen molar-refractivity contribution in [3.05, 3.63) is 61.8 Å². The quantitative estimate of drug-likeness (QED) is 0.551. The van der Waals surface area contributed by atoms with E-state index in [1.54, 1.807) is 12.1 Å². The first kappa shape index (κ1) is 15.8. The molecule has 2 aromatic carbocycles. The molecule has 0 spiro atoms. The monoisotopic (exact) mass is 420 g/mol. The van der Waals surface area contributed by atoms with E-state index in [9.17, 15) is 4.39 Å². The van der Waals surface area contributed by atoms with Crippen LogP contribution in [0, 0.1) is 12.7 Å². The Morgan fingerprint density at radius 1 is 1.10 bits per heavy atom. The maximum atomic E-state index is 13.7. The van der Waals surface area contributed by atoms with Crippen LogP contribution < -0.4 is 4.74 Å². The standard InChI is InChI=1S/C15H12Br2ClFO/c1-9-4-13(17)5-10(7-18)15(9)20-8-11-6-12(16)2-3-14(11)19/h2-6H,7-8H2,1H3. The van der Waals surface area contributed by atoms with Crippen molar-refractivity contribution in [2.75, 3.05) is 0 Å². The molecule has 0 aliphatic heterocycles. The predicted octanol–water partition coefficient (Wildman–Crippen LogP) is 5.98. The molecule has 0 radical (unpaired) electrons. The summed E-state index contributed by atoms with van der Waals surface area (Å²) in [5.41, 5.74) is 2.35. The Bertz CT molecular complexity index is 632. The van der Waals surface area contributed by atoms with Crippen molar-refractivity contribution in [2.24, 2.45) is 0 Å². The zero-order chi connectivity index (χ0) is 14.7. The van der Waals surface area contributed by atoms with Crippen LogP contribution in [0.3, 0.4) is 0 Å². The van der Waals surface area contributed by atoms with Gasteiger partial charge in [0, 0.05) is 20.1 Å². The molecule has 0 N–H and O–H groups in total. The Hall–Kier alpha value is -0.580. The predicted molar refractivity (Wildman–Crippen MR) is 86.9 cm³/mol. The molecular formula is C15H12Br2ClFO. The van der Waals surface area contributed by atoms with Crippen molar-refractivity contribution in [1.82, 2.24) is 0 Å². The van der Waals surface area contributed by atoms with Crippen LogP contribution in [-0.2, 0) is 12.5 Å². The summed E-state index contributed by atoms with van der Waals surface area (Å²) in [5.74, 6) is 0.772. The van der Waals surface area contributed by atoms with Gasteiger partial charge in [-0.05, 0) is 42.8 Å². The molecule has 1 nitrogen and oxygen atoms in total. The maximum Gasteiger partial charge on any atom is 0.129 e. The van der Waals surface area contributed by atoms with E-state index in [0.29, 0.717) is 17.2 Å². The maximum absolute atomic E-state index is 13.7. The van der Waals surface area contributed by atoms with E-state index in [0.717, 1.165) is 20.1 Å². The van der Waals surface area contributed by atoms with Crippen LogP contribution in [0.2, 0.25) is 0 Å². The number of ether oxygens (including phenoxy) is 1. The second kappa shape index (κ2) is 6.92. The minimum absolute atomic E-state index is 0.164. The Morgan fingerprint density at radius 2 is 1.80 bits per heavy atom. The van der Waals surface area contributed by atoms with Gasteiger partial charge < -0.3 is 4.74 Å². The van der Waals surface area contributed by atoms with E-state index in [1.807, 2.05) is 19.1 Å².